The number of aryl methyl sites for hydroxylation is 2. The number of aromatic nitrogens is 5. The molecular formula is C24H24N6O2. The van der Waals surface area contributed by atoms with E-state index in [9.17, 15) is 9.59 Å². The molecule has 32 heavy (non-hydrogen) atoms. The SMILES string of the molecule is Cc1cc(C)n(-c2ccc(=O)n(C(C)C(=O)N(Cc3ccccc3)c3ccccn3)n2)n1. The number of nitrogens with zero attached hydrogens (tertiary/aromatic N) is 6. The van der Waals surface area contributed by atoms with E-state index in [2.05, 4.69) is 15.2 Å². The molecule has 0 bridgehead atoms. The minimum atomic E-state index is -0.842. The van der Waals surface area contributed by atoms with Crippen LogP contribution < -0.4 is 10.5 Å². The molecule has 0 aliphatic rings. The number of hydrogen-bond acceptors (Lipinski definition) is 5. The van der Waals surface area contributed by atoms with Gasteiger partial charge < -0.3 is 0 Å². The second-order valence-electron chi connectivity index (χ2n) is 7.59. The predicted octanol–water partition coefficient (Wildman–Crippen LogP) is 3.24. The van der Waals surface area contributed by atoms with Gasteiger partial charge in [-0.3, -0.25) is 14.5 Å². The number of amides is 1. The molecule has 0 aliphatic heterocycles. The van der Waals surface area contributed by atoms with Crippen molar-refractivity contribution in [2.24, 2.45) is 0 Å². The highest BCUT2D eigenvalue weighted by molar-refractivity contribution is 5.94. The third kappa shape index (κ3) is 4.34. The molecule has 8 nitrogen and oxygen atoms in total. The molecule has 4 rings (SSSR count). The van der Waals surface area contributed by atoms with Gasteiger partial charge in [0, 0.05) is 18.0 Å². The van der Waals surface area contributed by atoms with E-state index in [1.807, 2.05) is 56.3 Å². The minimum Gasteiger partial charge on any atom is -0.290 e. The maximum Gasteiger partial charge on any atom is 0.267 e. The smallest absolute Gasteiger partial charge is 0.267 e. The van der Waals surface area contributed by atoms with Gasteiger partial charge >= 0.3 is 0 Å². The molecule has 0 N–H and O–H groups in total. The van der Waals surface area contributed by atoms with E-state index in [4.69, 9.17) is 0 Å². The highest BCUT2D eigenvalue weighted by Gasteiger charge is 2.26. The van der Waals surface area contributed by atoms with Gasteiger partial charge in [-0.2, -0.15) is 5.10 Å². The second kappa shape index (κ2) is 8.97. The van der Waals surface area contributed by atoms with E-state index in [1.54, 1.807) is 40.9 Å². The second-order valence-corrected chi connectivity index (χ2v) is 7.59. The van der Waals surface area contributed by atoms with Crippen LogP contribution in [0.25, 0.3) is 5.82 Å². The zero-order valence-electron chi connectivity index (χ0n) is 18.2. The summed E-state index contributed by atoms with van der Waals surface area (Å²) in [6, 6.07) is 19.1. The summed E-state index contributed by atoms with van der Waals surface area (Å²) in [5, 5.41) is 8.88. The van der Waals surface area contributed by atoms with Crippen LogP contribution in [0, 0.1) is 13.8 Å². The maximum atomic E-state index is 13.6. The van der Waals surface area contributed by atoms with Crippen LogP contribution in [0.15, 0.2) is 77.7 Å². The molecule has 162 valence electrons. The molecule has 0 radical (unpaired) electrons. The molecule has 1 atom stereocenters. The minimum absolute atomic E-state index is 0.285. The molecule has 0 saturated carbocycles. The Morgan fingerprint density at radius 3 is 2.41 bits per heavy atom. The van der Waals surface area contributed by atoms with Gasteiger partial charge in [0.15, 0.2) is 5.82 Å². The molecule has 4 aromatic rings. The fraction of sp³-hybridized carbons (Fsp3) is 0.208. The highest BCUT2D eigenvalue weighted by Crippen LogP contribution is 2.19. The van der Waals surface area contributed by atoms with Crippen molar-refractivity contribution in [2.45, 2.75) is 33.4 Å². The van der Waals surface area contributed by atoms with Crippen molar-refractivity contribution in [2.75, 3.05) is 4.90 Å². The number of carbonyl (C=O) groups excluding carboxylic acids is 1. The quantitative estimate of drug-likeness (QED) is 0.471. The number of hydrogen-bond donors (Lipinski definition) is 0. The Balaban J connectivity index is 1.71. The largest absolute Gasteiger partial charge is 0.290 e. The third-order valence-corrected chi connectivity index (χ3v) is 5.14. The lowest BCUT2D eigenvalue weighted by Crippen LogP contribution is -2.40. The summed E-state index contributed by atoms with van der Waals surface area (Å²) in [6.07, 6.45) is 1.64. The molecule has 1 aromatic carbocycles. The Morgan fingerprint density at radius 1 is 1.00 bits per heavy atom. The topological polar surface area (TPSA) is 85.9 Å². The summed E-state index contributed by atoms with van der Waals surface area (Å²) in [7, 11) is 0. The van der Waals surface area contributed by atoms with E-state index in [0.29, 0.717) is 18.2 Å². The average Bonchev–Trinajstić information content (AvgIpc) is 3.16. The lowest BCUT2D eigenvalue weighted by atomic mass is 10.2. The summed E-state index contributed by atoms with van der Waals surface area (Å²) in [5.41, 5.74) is 2.32. The van der Waals surface area contributed by atoms with Crippen LogP contribution in [-0.4, -0.2) is 30.5 Å². The zero-order chi connectivity index (χ0) is 22.7. The van der Waals surface area contributed by atoms with Gasteiger partial charge in [-0.1, -0.05) is 36.4 Å². The number of benzene rings is 1. The van der Waals surface area contributed by atoms with Crippen LogP contribution in [0.2, 0.25) is 0 Å². The molecule has 1 amide bonds. The number of anilines is 1. The van der Waals surface area contributed by atoms with E-state index in [-0.39, 0.29) is 11.5 Å². The summed E-state index contributed by atoms with van der Waals surface area (Å²) in [4.78, 5) is 32.2. The van der Waals surface area contributed by atoms with E-state index >= 15 is 0 Å². The Kier molecular flexibility index (Phi) is 5.93. The Bertz CT molecular complexity index is 1280. The van der Waals surface area contributed by atoms with Crippen molar-refractivity contribution in [3.05, 3.63) is 100 Å². The monoisotopic (exact) mass is 428 g/mol. The van der Waals surface area contributed by atoms with Crippen LogP contribution in [0.1, 0.15) is 29.9 Å². The van der Waals surface area contributed by atoms with Crippen LogP contribution in [0.3, 0.4) is 0 Å². The Hall–Kier alpha value is -4.07. The standard InChI is InChI=1S/C24H24N6O2/c1-17-15-18(2)29(26-17)22-12-13-23(31)30(27-22)19(3)24(32)28(21-11-7-8-14-25-21)16-20-9-5-4-6-10-20/h4-15,19H,16H2,1-3H3. The molecule has 0 saturated heterocycles. The fourth-order valence-corrected chi connectivity index (χ4v) is 3.55. The number of pyridine rings is 1. The van der Waals surface area contributed by atoms with Gasteiger partial charge in [0.25, 0.3) is 11.5 Å². The molecule has 3 heterocycles. The lowest BCUT2D eigenvalue weighted by molar-refractivity contribution is -0.121. The summed E-state index contributed by atoms with van der Waals surface area (Å²) in [5.74, 6) is 0.700. The van der Waals surface area contributed by atoms with Crippen LogP contribution in [0.4, 0.5) is 5.82 Å². The predicted molar refractivity (Wildman–Crippen MR) is 122 cm³/mol. The van der Waals surface area contributed by atoms with E-state index in [0.717, 1.165) is 17.0 Å². The number of carbonyl (C=O) groups is 1. The summed E-state index contributed by atoms with van der Waals surface area (Å²) < 4.78 is 2.86. The van der Waals surface area contributed by atoms with Gasteiger partial charge in [-0.05, 0) is 50.6 Å². The Morgan fingerprint density at radius 2 is 1.75 bits per heavy atom. The van der Waals surface area contributed by atoms with Crippen LogP contribution in [-0.2, 0) is 11.3 Å². The van der Waals surface area contributed by atoms with E-state index in [1.165, 1.54) is 10.7 Å². The molecule has 8 heteroatoms. The van der Waals surface area contributed by atoms with Gasteiger partial charge in [0.1, 0.15) is 11.9 Å². The molecule has 0 spiro atoms. The zero-order valence-corrected chi connectivity index (χ0v) is 18.2. The summed E-state index contributed by atoms with van der Waals surface area (Å²) >= 11 is 0. The van der Waals surface area contributed by atoms with Crippen LogP contribution >= 0.6 is 0 Å². The first-order chi connectivity index (χ1) is 15.4. The first-order valence-corrected chi connectivity index (χ1v) is 10.3. The average molecular weight is 428 g/mol. The van der Waals surface area contributed by atoms with Crippen molar-refractivity contribution in [3.8, 4) is 5.82 Å². The van der Waals surface area contributed by atoms with Crippen molar-refractivity contribution >= 4 is 11.7 Å². The summed E-state index contributed by atoms with van der Waals surface area (Å²) in [6.45, 7) is 5.80. The van der Waals surface area contributed by atoms with Gasteiger partial charge in [0.2, 0.25) is 0 Å². The normalized spacial score (nSPS) is 11.8. The van der Waals surface area contributed by atoms with E-state index < -0.39 is 6.04 Å². The van der Waals surface area contributed by atoms with Gasteiger partial charge in [0.05, 0.1) is 12.2 Å². The first kappa shape index (κ1) is 21.2. The lowest BCUT2D eigenvalue weighted by Gasteiger charge is -2.25. The van der Waals surface area contributed by atoms with Crippen molar-refractivity contribution in [1.29, 1.82) is 0 Å². The van der Waals surface area contributed by atoms with Crippen molar-refractivity contribution in [1.82, 2.24) is 24.5 Å². The van der Waals surface area contributed by atoms with Crippen molar-refractivity contribution in [3.63, 3.8) is 0 Å². The maximum absolute atomic E-state index is 13.6. The third-order valence-electron chi connectivity index (χ3n) is 5.14. The molecule has 0 fully saturated rings. The Labute approximate surface area is 185 Å². The molecular weight excluding hydrogens is 404 g/mol. The molecule has 0 aliphatic carbocycles. The molecule has 1 unspecified atom stereocenters. The van der Waals surface area contributed by atoms with Crippen LogP contribution in [0.5, 0.6) is 0 Å². The fourth-order valence-electron chi connectivity index (χ4n) is 3.55. The van der Waals surface area contributed by atoms with Gasteiger partial charge in [-0.25, -0.2) is 14.3 Å². The van der Waals surface area contributed by atoms with Gasteiger partial charge in [-0.15, -0.1) is 5.10 Å². The molecule has 3 aromatic heterocycles. The van der Waals surface area contributed by atoms with Crippen molar-refractivity contribution < 1.29 is 4.79 Å². The number of rotatable bonds is 6. The first-order valence-electron chi connectivity index (χ1n) is 10.3. The highest BCUT2D eigenvalue weighted by atomic mass is 16.2.